The van der Waals surface area contributed by atoms with E-state index in [0.29, 0.717) is 29.5 Å². The Kier molecular flexibility index (Phi) is 8.92. The molecule has 1 atom stereocenters. The minimum absolute atomic E-state index is 0.186. The van der Waals surface area contributed by atoms with Gasteiger partial charge in [-0.1, -0.05) is 6.92 Å². The van der Waals surface area contributed by atoms with Gasteiger partial charge in [-0.3, -0.25) is 0 Å². The third-order valence-corrected chi connectivity index (χ3v) is 7.34. The first-order valence-electron chi connectivity index (χ1n) is 12.9. The maximum atomic E-state index is 14.8. The highest BCUT2D eigenvalue weighted by molar-refractivity contribution is 5.69. The van der Waals surface area contributed by atoms with Gasteiger partial charge in [-0.2, -0.15) is 0 Å². The Morgan fingerprint density at radius 1 is 1.11 bits per heavy atom. The standard InChI is InChI=1S/C27H40FN5O2/c1-19(17-34-3)32-21-4-6-22(7-5-21)33-26-15-23(24(28)16-30-26)20-8-11-29-25(14-20)31-18-27(2)9-12-35-13-10-27/h8,11,14-16,19,21-22,32H,4-7,9-10,12-13,17-18H2,1-3H3,(H,29,31)(H,30,33)/t19-,21?,22?/m1/s1. The fourth-order valence-corrected chi connectivity index (χ4v) is 5.09. The largest absolute Gasteiger partial charge is 0.383 e. The topological polar surface area (TPSA) is 80.3 Å². The number of rotatable bonds is 10. The number of nitrogens with zero attached hydrogens (tertiary/aromatic N) is 2. The number of aromatic nitrogens is 2. The van der Waals surface area contributed by atoms with Crippen molar-refractivity contribution < 1.29 is 13.9 Å². The molecule has 2 aliphatic rings. The van der Waals surface area contributed by atoms with Crippen LogP contribution in [0.3, 0.4) is 0 Å². The van der Waals surface area contributed by atoms with Gasteiger partial charge in [0.25, 0.3) is 0 Å². The summed E-state index contributed by atoms with van der Waals surface area (Å²) in [7, 11) is 1.74. The lowest BCUT2D eigenvalue weighted by Gasteiger charge is -2.33. The molecule has 35 heavy (non-hydrogen) atoms. The summed E-state index contributed by atoms with van der Waals surface area (Å²) in [5.41, 5.74) is 1.52. The van der Waals surface area contributed by atoms with Gasteiger partial charge in [0.15, 0.2) is 0 Å². The Morgan fingerprint density at radius 2 is 1.86 bits per heavy atom. The van der Waals surface area contributed by atoms with Crippen LogP contribution in [-0.2, 0) is 9.47 Å². The van der Waals surface area contributed by atoms with E-state index in [-0.39, 0.29) is 11.2 Å². The van der Waals surface area contributed by atoms with Crippen LogP contribution < -0.4 is 16.0 Å². The number of anilines is 2. The SMILES string of the molecule is COC[C@@H](C)NC1CCC(Nc2cc(-c3ccnc(NCC4(C)CCOCC4)c3)c(F)cn2)CC1. The Labute approximate surface area is 208 Å². The molecule has 4 rings (SSSR count). The second kappa shape index (κ2) is 12.1. The lowest BCUT2D eigenvalue weighted by Crippen LogP contribution is -2.42. The van der Waals surface area contributed by atoms with E-state index in [9.17, 15) is 4.39 Å². The van der Waals surface area contributed by atoms with Crippen molar-refractivity contribution in [3.05, 3.63) is 36.4 Å². The van der Waals surface area contributed by atoms with Gasteiger partial charge in [-0.05, 0) is 74.6 Å². The first-order chi connectivity index (χ1) is 16.9. The van der Waals surface area contributed by atoms with Crippen molar-refractivity contribution in [2.24, 2.45) is 5.41 Å². The number of pyridine rings is 2. The van der Waals surface area contributed by atoms with E-state index in [0.717, 1.165) is 76.3 Å². The second-order valence-corrected chi connectivity index (χ2v) is 10.5. The fourth-order valence-electron chi connectivity index (χ4n) is 5.09. The summed E-state index contributed by atoms with van der Waals surface area (Å²) in [4.78, 5) is 8.77. The monoisotopic (exact) mass is 485 g/mol. The van der Waals surface area contributed by atoms with Crippen LogP contribution in [0.1, 0.15) is 52.4 Å². The summed E-state index contributed by atoms with van der Waals surface area (Å²) in [6, 6.07) is 6.80. The van der Waals surface area contributed by atoms with Crippen molar-refractivity contribution in [2.75, 3.05) is 44.1 Å². The van der Waals surface area contributed by atoms with Crippen molar-refractivity contribution in [2.45, 2.75) is 70.5 Å². The minimum Gasteiger partial charge on any atom is -0.383 e. The molecule has 3 heterocycles. The number of halogens is 1. The van der Waals surface area contributed by atoms with E-state index in [1.54, 1.807) is 13.3 Å². The highest BCUT2D eigenvalue weighted by atomic mass is 19.1. The average molecular weight is 486 g/mol. The molecule has 1 saturated heterocycles. The Hall–Kier alpha value is -2.29. The smallest absolute Gasteiger partial charge is 0.149 e. The molecule has 3 N–H and O–H groups in total. The van der Waals surface area contributed by atoms with Gasteiger partial charge < -0.3 is 25.4 Å². The summed E-state index contributed by atoms with van der Waals surface area (Å²) in [6.07, 6.45) is 9.41. The van der Waals surface area contributed by atoms with E-state index in [1.807, 2.05) is 18.2 Å². The van der Waals surface area contributed by atoms with Gasteiger partial charge in [0.1, 0.15) is 17.5 Å². The Bertz CT molecular complexity index is 945. The molecule has 0 spiro atoms. The van der Waals surface area contributed by atoms with Crippen molar-refractivity contribution in [3.63, 3.8) is 0 Å². The van der Waals surface area contributed by atoms with E-state index in [2.05, 4.69) is 39.8 Å². The number of methoxy groups -OCH3 is 1. The summed E-state index contributed by atoms with van der Waals surface area (Å²) in [5.74, 6) is 1.14. The fraction of sp³-hybridized carbons (Fsp3) is 0.630. The summed E-state index contributed by atoms with van der Waals surface area (Å²) in [5, 5.41) is 10.6. The van der Waals surface area contributed by atoms with Gasteiger partial charge >= 0.3 is 0 Å². The summed E-state index contributed by atoms with van der Waals surface area (Å²) in [6.45, 7) is 7.57. The van der Waals surface area contributed by atoms with Crippen LogP contribution in [0.4, 0.5) is 16.0 Å². The zero-order valence-electron chi connectivity index (χ0n) is 21.3. The first kappa shape index (κ1) is 25.8. The zero-order valence-corrected chi connectivity index (χ0v) is 21.3. The number of nitrogens with one attached hydrogen (secondary N) is 3. The molecule has 192 valence electrons. The van der Waals surface area contributed by atoms with E-state index < -0.39 is 0 Å². The lowest BCUT2D eigenvalue weighted by atomic mass is 9.82. The molecule has 1 aliphatic heterocycles. The van der Waals surface area contributed by atoms with E-state index in [4.69, 9.17) is 9.47 Å². The number of ether oxygens (including phenoxy) is 2. The molecule has 0 radical (unpaired) electrons. The van der Waals surface area contributed by atoms with E-state index in [1.165, 1.54) is 6.20 Å². The normalized spacial score (nSPS) is 23.0. The Morgan fingerprint density at radius 3 is 2.60 bits per heavy atom. The predicted octanol–water partition coefficient (Wildman–Crippen LogP) is 4.86. The highest BCUT2D eigenvalue weighted by Gasteiger charge is 2.27. The van der Waals surface area contributed by atoms with Crippen molar-refractivity contribution >= 4 is 11.6 Å². The molecule has 0 unspecified atom stereocenters. The Balaban J connectivity index is 1.36. The first-order valence-corrected chi connectivity index (χ1v) is 12.9. The maximum Gasteiger partial charge on any atom is 0.149 e. The molecule has 0 bridgehead atoms. The third-order valence-electron chi connectivity index (χ3n) is 7.34. The number of hydrogen-bond donors (Lipinski definition) is 3. The van der Waals surface area contributed by atoms with E-state index >= 15 is 0 Å². The predicted molar refractivity (Wildman–Crippen MR) is 138 cm³/mol. The van der Waals surface area contributed by atoms with Crippen LogP contribution in [0.2, 0.25) is 0 Å². The molecule has 2 aromatic rings. The molecule has 8 heteroatoms. The van der Waals surface area contributed by atoms with Crippen LogP contribution in [0.5, 0.6) is 0 Å². The van der Waals surface area contributed by atoms with Crippen molar-refractivity contribution in [1.29, 1.82) is 0 Å². The molecular weight excluding hydrogens is 445 g/mol. The third kappa shape index (κ3) is 7.35. The van der Waals surface area contributed by atoms with Crippen LogP contribution in [0.15, 0.2) is 30.6 Å². The lowest BCUT2D eigenvalue weighted by molar-refractivity contribution is 0.0300. The average Bonchev–Trinajstić information content (AvgIpc) is 2.86. The summed E-state index contributed by atoms with van der Waals surface area (Å²) >= 11 is 0. The van der Waals surface area contributed by atoms with Crippen LogP contribution in [0.25, 0.3) is 11.1 Å². The van der Waals surface area contributed by atoms with Crippen molar-refractivity contribution in [1.82, 2.24) is 15.3 Å². The minimum atomic E-state index is -0.330. The second-order valence-electron chi connectivity index (χ2n) is 10.5. The molecule has 2 fully saturated rings. The molecule has 7 nitrogen and oxygen atoms in total. The highest BCUT2D eigenvalue weighted by Crippen LogP contribution is 2.31. The van der Waals surface area contributed by atoms with Gasteiger partial charge in [0.2, 0.25) is 0 Å². The van der Waals surface area contributed by atoms with Crippen LogP contribution in [-0.4, -0.2) is 61.6 Å². The van der Waals surface area contributed by atoms with Gasteiger partial charge in [-0.25, -0.2) is 14.4 Å². The van der Waals surface area contributed by atoms with Gasteiger partial charge in [0.05, 0.1) is 12.8 Å². The van der Waals surface area contributed by atoms with Crippen LogP contribution >= 0.6 is 0 Å². The zero-order chi connectivity index (χ0) is 24.7. The molecular formula is C27H40FN5O2. The molecule has 2 aromatic heterocycles. The summed E-state index contributed by atoms with van der Waals surface area (Å²) < 4.78 is 25.5. The molecule has 1 aliphatic carbocycles. The van der Waals surface area contributed by atoms with Gasteiger partial charge in [0, 0.05) is 56.8 Å². The van der Waals surface area contributed by atoms with Gasteiger partial charge in [-0.15, -0.1) is 0 Å². The molecule has 0 amide bonds. The molecule has 1 saturated carbocycles. The quantitative estimate of drug-likeness (QED) is 0.443. The number of hydrogen-bond acceptors (Lipinski definition) is 7. The van der Waals surface area contributed by atoms with Crippen LogP contribution in [0, 0.1) is 11.2 Å². The maximum absolute atomic E-state index is 14.8. The van der Waals surface area contributed by atoms with Crippen molar-refractivity contribution in [3.8, 4) is 11.1 Å². The molecule has 0 aromatic carbocycles.